The maximum absolute atomic E-state index is 12.8. The van der Waals surface area contributed by atoms with Crippen LogP contribution < -0.4 is 5.32 Å². The molecule has 5 aliphatic rings. The van der Waals surface area contributed by atoms with Crippen LogP contribution in [0, 0.1) is 29.1 Å². The van der Waals surface area contributed by atoms with Crippen LogP contribution in [0.3, 0.4) is 0 Å². The average Bonchev–Trinajstić information content (AvgIpc) is 3.21. The second kappa shape index (κ2) is 5.09. The molecule has 4 heteroatoms. The predicted molar refractivity (Wildman–Crippen MR) is 92.3 cm³/mol. The lowest BCUT2D eigenvalue weighted by atomic mass is 9.48. The van der Waals surface area contributed by atoms with E-state index < -0.39 is 0 Å². The number of aromatic nitrogens is 2. The van der Waals surface area contributed by atoms with Crippen molar-refractivity contribution < 1.29 is 4.79 Å². The fourth-order valence-corrected chi connectivity index (χ4v) is 6.67. The highest BCUT2D eigenvalue weighted by molar-refractivity contribution is 5.83. The van der Waals surface area contributed by atoms with Gasteiger partial charge in [-0.15, -0.1) is 0 Å². The summed E-state index contributed by atoms with van der Waals surface area (Å²) in [4.78, 5) is 12.8. The molecule has 0 spiro atoms. The molecule has 4 bridgehead atoms. The van der Waals surface area contributed by atoms with Gasteiger partial charge in [0.1, 0.15) is 0 Å². The summed E-state index contributed by atoms with van der Waals surface area (Å²) in [6, 6.07) is 0.341. The van der Waals surface area contributed by atoms with E-state index in [-0.39, 0.29) is 11.8 Å². The molecule has 1 heterocycles. The van der Waals surface area contributed by atoms with Crippen molar-refractivity contribution in [3.8, 4) is 0 Å². The van der Waals surface area contributed by atoms with Crippen LogP contribution in [0.4, 0.5) is 0 Å². The molecule has 0 unspecified atom stereocenters. The Labute approximate surface area is 144 Å². The minimum absolute atomic E-state index is 0.172. The monoisotopic (exact) mass is 327 g/mol. The van der Waals surface area contributed by atoms with Crippen molar-refractivity contribution in [1.82, 2.24) is 15.1 Å². The molecule has 3 atom stereocenters. The van der Waals surface area contributed by atoms with E-state index >= 15 is 0 Å². The Morgan fingerprint density at radius 3 is 2.38 bits per heavy atom. The lowest BCUT2D eigenvalue weighted by Crippen LogP contribution is -2.56. The van der Waals surface area contributed by atoms with E-state index in [2.05, 4.69) is 23.5 Å². The lowest BCUT2D eigenvalue weighted by molar-refractivity contribution is -0.127. The highest BCUT2D eigenvalue weighted by Gasteiger charge is 2.54. The highest BCUT2D eigenvalue weighted by atomic mass is 16.2. The molecule has 0 aliphatic heterocycles. The topological polar surface area (TPSA) is 46.9 Å². The number of hydrogen-bond acceptors (Lipinski definition) is 2. The fourth-order valence-electron chi connectivity index (χ4n) is 6.67. The first-order chi connectivity index (χ1) is 11.5. The summed E-state index contributed by atoms with van der Waals surface area (Å²) in [7, 11) is 1.94. The maximum Gasteiger partial charge on any atom is 0.223 e. The van der Waals surface area contributed by atoms with Crippen molar-refractivity contribution in [1.29, 1.82) is 0 Å². The Morgan fingerprint density at radius 2 is 1.83 bits per heavy atom. The third-order valence-electron chi connectivity index (χ3n) is 7.64. The Balaban J connectivity index is 1.24. The molecule has 1 N–H and O–H groups in total. The van der Waals surface area contributed by atoms with Gasteiger partial charge >= 0.3 is 0 Å². The standard InChI is InChI=1S/C20H29N3O/c1-12(20-7-13-3-14(8-20)5-15(4-13)9-20)22-19(24)18-6-17(18)16-10-21-23(2)11-16/h10-15,17-18H,3-9H2,1-2H3,(H,22,24)/t12-,13?,14?,15?,17-,18+,20?/m0/s1. The quantitative estimate of drug-likeness (QED) is 0.923. The van der Waals surface area contributed by atoms with Gasteiger partial charge in [-0.3, -0.25) is 9.48 Å². The second-order valence-electron chi connectivity index (χ2n) is 9.41. The zero-order chi connectivity index (χ0) is 16.5. The number of nitrogens with one attached hydrogen (secondary N) is 1. The summed E-state index contributed by atoms with van der Waals surface area (Å²) >= 11 is 0. The molecule has 0 saturated heterocycles. The number of aryl methyl sites for hydroxylation is 1. The summed E-state index contributed by atoms with van der Waals surface area (Å²) in [5, 5.41) is 7.68. The van der Waals surface area contributed by atoms with E-state index in [1.54, 1.807) is 0 Å². The third-order valence-corrected chi connectivity index (χ3v) is 7.64. The second-order valence-corrected chi connectivity index (χ2v) is 9.41. The van der Waals surface area contributed by atoms with Crippen LogP contribution in [-0.2, 0) is 11.8 Å². The third kappa shape index (κ3) is 2.33. The van der Waals surface area contributed by atoms with Crippen molar-refractivity contribution in [2.24, 2.45) is 36.1 Å². The predicted octanol–water partition coefficient (Wildman–Crippen LogP) is 3.24. The molecule has 5 aliphatic carbocycles. The first kappa shape index (κ1) is 15.0. The van der Waals surface area contributed by atoms with Crippen molar-refractivity contribution in [3.63, 3.8) is 0 Å². The molecule has 1 amide bonds. The molecule has 5 fully saturated rings. The lowest BCUT2D eigenvalue weighted by Gasteiger charge is -2.59. The van der Waals surface area contributed by atoms with E-state index in [0.29, 0.717) is 17.4 Å². The van der Waals surface area contributed by atoms with Gasteiger partial charge in [0.15, 0.2) is 0 Å². The molecule has 130 valence electrons. The normalized spacial score (nSPS) is 43.7. The van der Waals surface area contributed by atoms with E-state index in [9.17, 15) is 4.79 Å². The Bertz CT molecular complexity index is 628. The van der Waals surface area contributed by atoms with Crippen LogP contribution in [0.1, 0.15) is 63.4 Å². The Kier molecular flexibility index (Phi) is 3.18. The smallest absolute Gasteiger partial charge is 0.223 e. The van der Waals surface area contributed by atoms with Gasteiger partial charge < -0.3 is 5.32 Å². The molecule has 0 radical (unpaired) electrons. The van der Waals surface area contributed by atoms with Crippen molar-refractivity contribution in [2.45, 2.75) is 63.8 Å². The summed E-state index contributed by atoms with van der Waals surface area (Å²) in [5.74, 6) is 3.68. The molecular formula is C20H29N3O. The molecule has 24 heavy (non-hydrogen) atoms. The van der Waals surface area contributed by atoms with E-state index in [1.807, 2.05) is 17.9 Å². The first-order valence-corrected chi connectivity index (χ1v) is 9.81. The van der Waals surface area contributed by atoms with Gasteiger partial charge in [-0.25, -0.2) is 0 Å². The minimum atomic E-state index is 0.172. The summed E-state index contributed by atoms with van der Waals surface area (Å²) in [6.07, 6.45) is 13.4. The summed E-state index contributed by atoms with van der Waals surface area (Å²) in [5.41, 5.74) is 1.63. The first-order valence-electron chi connectivity index (χ1n) is 9.81. The van der Waals surface area contributed by atoms with Crippen LogP contribution in [0.2, 0.25) is 0 Å². The molecule has 1 aromatic rings. The number of rotatable bonds is 4. The largest absolute Gasteiger partial charge is 0.353 e. The van der Waals surface area contributed by atoms with Crippen LogP contribution >= 0.6 is 0 Å². The van der Waals surface area contributed by atoms with E-state index in [0.717, 1.165) is 24.2 Å². The summed E-state index contributed by atoms with van der Waals surface area (Å²) in [6.45, 7) is 2.28. The van der Waals surface area contributed by atoms with Gasteiger partial charge in [0, 0.05) is 25.2 Å². The Morgan fingerprint density at radius 1 is 1.21 bits per heavy atom. The maximum atomic E-state index is 12.8. The fraction of sp³-hybridized carbons (Fsp3) is 0.800. The van der Waals surface area contributed by atoms with Crippen molar-refractivity contribution >= 4 is 5.91 Å². The zero-order valence-electron chi connectivity index (χ0n) is 14.9. The van der Waals surface area contributed by atoms with Crippen LogP contribution in [0.5, 0.6) is 0 Å². The SMILES string of the molecule is C[C@H](NC(=O)[C@@H]1C[C@H]1c1cnn(C)c1)C12CC3CC(CC(C3)C1)C2. The zero-order valence-corrected chi connectivity index (χ0v) is 14.9. The van der Waals surface area contributed by atoms with Gasteiger partial charge in [-0.05, 0) is 86.5 Å². The van der Waals surface area contributed by atoms with Gasteiger partial charge in [0.05, 0.1) is 6.20 Å². The number of nitrogens with zero attached hydrogens (tertiary/aromatic N) is 2. The molecule has 0 aromatic carbocycles. The van der Waals surface area contributed by atoms with Gasteiger partial charge in [0.2, 0.25) is 5.91 Å². The average molecular weight is 327 g/mol. The number of carbonyl (C=O) groups is 1. The van der Waals surface area contributed by atoms with E-state index in [1.165, 1.54) is 44.1 Å². The highest BCUT2D eigenvalue weighted by Crippen LogP contribution is 2.61. The number of amides is 1. The minimum Gasteiger partial charge on any atom is -0.353 e. The molecule has 6 rings (SSSR count). The molecule has 1 aromatic heterocycles. The van der Waals surface area contributed by atoms with Crippen LogP contribution in [0.15, 0.2) is 12.4 Å². The van der Waals surface area contributed by atoms with Gasteiger partial charge in [-0.2, -0.15) is 5.10 Å². The van der Waals surface area contributed by atoms with Gasteiger partial charge in [0.25, 0.3) is 0 Å². The Hall–Kier alpha value is -1.32. The number of hydrogen-bond donors (Lipinski definition) is 1. The summed E-state index contributed by atoms with van der Waals surface area (Å²) < 4.78 is 1.83. The van der Waals surface area contributed by atoms with Crippen LogP contribution in [-0.4, -0.2) is 21.7 Å². The van der Waals surface area contributed by atoms with Crippen molar-refractivity contribution in [3.05, 3.63) is 18.0 Å². The van der Waals surface area contributed by atoms with E-state index in [4.69, 9.17) is 0 Å². The van der Waals surface area contributed by atoms with Gasteiger partial charge in [-0.1, -0.05) is 0 Å². The molecule has 5 saturated carbocycles. The van der Waals surface area contributed by atoms with Crippen molar-refractivity contribution in [2.75, 3.05) is 0 Å². The van der Waals surface area contributed by atoms with Crippen LogP contribution in [0.25, 0.3) is 0 Å². The number of carbonyl (C=O) groups excluding carboxylic acids is 1. The molecule has 4 nitrogen and oxygen atoms in total. The molecular weight excluding hydrogens is 298 g/mol.